The van der Waals surface area contributed by atoms with Gasteiger partial charge in [-0.05, 0) is 48.8 Å². The molecule has 1 aromatic heterocycles. The minimum absolute atomic E-state index is 0.216. The monoisotopic (exact) mass is 222 g/mol. The van der Waals surface area contributed by atoms with E-state index in [9.17, 15) is 4.79 Å². The van der Waals surface area contributed by atoms with Crippen LogP contribution in [0, 0.1) is 0 Å². The molecule has 0 aliphatic heterocycles. The Morgan fingerprint density at radius 2 is 2.47 bits per heavy atom. The van der Waals surface area contributed by atoms with Gasteiger partial charge in [-0.1, -0.05) is 0 Å². The van der Waals surface area contributed by atoms with Crippen molar-refractivity contribution in [2.24, 2.45) is 0 Å². The minimum Gasteiger partial charge on any atom is -0.463 e. The Morgan fingerprint density at radius 3 is 3.27 bits per heavy atom. The standard InChI is InChI=1S/C12H14O2S/c1-2-14-12(13)8-9-4-3-5-11-10(9)6-7-15-11/h6-8H,2-5H2,1H3. The van der Waals surface area contributed by atoms with E-state index in [0.29, 0.717) is 6.61 Å². The quantitative estimate of drug-likeness (QED) is 0.568. The molecule has 0 saturated heterocycles. The molecule has 0 atom stereocenters. The highest BCUT2D eigenvalue weighted by Gasteiger charge is 2.16. The van der Waals surface area contributed by atoms with Gasteiger partial charge in [0.1, 0.15) is 0 Å². The summed E-state index contributed by atoms with van der Waals surface area (Å²) in [5, 5.41) is 2.09. The Kier molecular flexibility index (Phi) is 3.21. The van der Waals surface area contributed by atoms with Gasteiger partial charge in [0.05, 0.1) is 6.61 Å². The van der Waals surface area contributed by atoms with Gasteiger partial charge in [-0.2, -0.15) is 0 Å². The lowest BCUT2D eigenvalue weighted by Crippen LogP contribution is -2.04. The molecular weight excluding hydrogens is 208 g/mol. The van der Waals surface area contributed by atoms with Gasteiger partial charge in [-0.15, -0.1) is 11.3 Å². The fraction of sp³-hybridized carbons (Fsp3) is 0.417. The molecule has 80 valence electrons. The molecule has 0 fully saturated rings. The molecule has 1 aliphatic rings. The maximum atomic E-state index is 11.3. The van der Waals surface area contributed by atoms with Crippen molar-refractivity contribution in [3.63, 3.8) is 0 Å². The lowest BCUT2D eigenvalue weighted by Gasteiger charge is -2.14. The van der Waals surface area contributed by atoms with Gasteiger partial charge in [0.25, 0.3) is 0 Å². The lowest BCUT2D eigenvalue weighted by atomic mass is 9.93. The van der Waals surface area contributed by atoms with Crippen molar-refractivity contribution in [1.82, 2.24) is 0 Å². The summed E-state index contributed by atoms with van der Waals surface area (Å²) in [5.41, 5.74) is 2.38. The predicted octanol–water partition coefficient (Wildman–Crippen LogP) is 3.03. The van der Waals surface area contributed by atoms with Crippen molar-refractivity contribution in [3.05, 3.63) is 28.0 Å². The van der Waals surface area contributed by atoms with Gasteiger partial charge in [0, 0.05) is 11.0 Å². The third-order valence-corrected chi connectivity index (χ3v) is 3.50. The molecule has 3 heteroatoms. The van der Waals surface area contributed by atoms with Gasteiger partial charge in [-0.3, -0.25) is 0 Å². The molecule has 0 unspecified atom stereocenters. The van der Waals surface area contributed by atoms with Crippen LogP contribution >= 0.6 is 11.3 Å². The van der Waals surface area contributed by atoms with Gasteiger partial charge in [-0.25, -0.2) is 4.79 Å². The number of ether oxygens (including phenoxy) is 1. The van der Waals surface area contributed by atoms with Crippen LogP contribution in [-0.2, 0) is 16.0 Å². The van der Waals surface area contributed by atoms with Crippen LogP contribution in [0.2, 0.25) is 0 Å². The Bertz CT molecular complexity index is 390. The Labute approximate surface area is 93.6 Å². The molecule has 1 heterocycles. The average molecular weight is 222 g/mol. The summed E-state index contributed by atoms with van der Waals surface area (Å²) >= 11 is 1.78. The number of fused-ring (bicyclic) bond motifs is 1. The maximum Gasteiger partial charge on any atom is 0.331 e. The molecule has 0 spiro atoms. The first kappa shape index (κ1) is 10.4. The summed E-state index contributed by atoms with van der Waals surface area (Å²) in [6.07, 6.45) is 4.92. The van der Waals surface area contributed by atoms with Crippen LogP contribution in [0.15, 0.2) is 17.5 Å². The molecule has 2 rings (SSSR count). The predicted molar refractivity (Wildman–Crippen MR) is 61.9 cm³/mol. The smallest absolute Gasteiger partial charge is 0.331 e. The van der Waals surface area contributed by atoms with E-state index in [1.165, 1.54) is 10.4 Å². The second kappa shape index (κ2) is 4.62. The molecule has 0 amide bonds. The van der Waals surface area contributed by atoms with E-state index < -0.39 is 0 Å². The lowest BCUT2D eigenvalue weighted by molar-refractivity contribution is -0.137. The van der Waals surface area contributed by atoms with Crippen LogP contribution in [0.5, 0.6) is 0 Å². The second-order valence-corrected chi connectivity index (χ2v) is 4.53. The van der Waals surface area contributed by atoms with Gasteiger partial charge >= 0.3 is 5.97 Å². The third-order valence-electron chi connectivity index (χ3n) is 2.52. The molecule has 0 radical (unpaired) electrons. The van der Waals surface area contributed by atoms with Crippen molar-refractivity contribution in [2.45, 2.75) is 26.2 Å². The number of carbonyl (C=O) groups excluding carboxylic acids is 1. The Morgan fingerprint density at radius 1 is 1.60 bits per heavy atom. The number of esters is 1. The topological polar surface area (TPSA) is 26.3 Å². The molecule has 1 aromatic rings. The van der Waals surface area contributed by atoms with E-state index in [-0.39, 0.29) is 5.97 Å². The van der Waals surface area contributed by atoms with E-state index >= 15 is 0 Å². The van der Waals surface area contributed by atoms with Crippen LogP contribution in [0.25, 0.3) is 5.57 Å². The van der Waals surface area contributed by atoms with E-state index in [1.54, 1.807) is 17.4 Å². The maximum absolute atomic E-state index is 11.3. The molecule has 0 saturated carbocycles. The van der Waals surface area contributed by atoms with Crippen LogP contribution in [-0.4, -0.2) is 12.6 Å². The second-order valence-electron chi connectivity index (χ2n) is 3.53. The van der Waals surface area contributed by atoms with E-state index in [0.717, 1.165) is 24.8 Å². The number of allylic oxidation sites excluding steroid dienone is 1. The zero-order valence-electron chi connectivity index (χ0n) is 8.79. The normalized spacial score (nSPS) is 17.5. The highest BCUT2D eigenvalue weighted by atomic mass is 32.1. The summed E-state index contributed by atoms with van der Waals surface area (Å²) in [5.74, 6) is -0.216. The number of rotatable bonds is 2. The first-order valence-electron chi connectivity index (χ1n) is 5.25. The fourth-order valence-corrected chi connectivity index (χ4v) is 2.83. The highest BCUT2D eigenvalue weighted by Crippen LogP contribution is 2.33. The molecule has 0 aromatic carbocycles. The minimum atomic E-state index is -0.216. The Hall–Kier alpha value is -1.09. The average Bonchev–Trinajstić information content (AvgIpc) is 2.67. The van der Waals surface area contributed by atoms with Gasteiger partial charge in [0.2, 0.25) is 0 Å². The fourth-order valence-electron chi connectivity index (χ4n) is 1.87. The SMILES string of the molecule is CCOC(=O)C=C1CCCc2sccc21. The highest BCUT2D eigenvalue weighted by molar-refractivity contribution is 7.10. The Balaban J connectivity index is 2.22. The van der Waals surface area contributed by atoms with E-state index in [4.69, 9.17) is 4.74 Å². The van der Waals surface area contributed by atoms with Crippen molar-refractivity contribution < 1.29 is 9.53 Å². The number of aryl methyl sites for hydroxylation is 1. The van der Waals surface area contributed by atoms with Crippen molar-refractivity contribution in [1.29, 1.82) is 0 Å². The van der Waals surface area contributed by atoms with Crippen LogP contribution in [0.1, 0.15) is 30.2 Å². The summed E-state index contributed by atoms with van der Waals surface area (Å²) < 4.78 is 4.92. The summed E-state index contributed by atoms with van der Waals surface area (Å²) in [4.78, 5) is 12.7. The van der Waals surface area contributed by atoms with E-state index in [2.05, 4.69) is 11.4 Å². The summed E-state index contributed by atoms with van der Waals surface area (Å²) in [6.45, 7) is 2.27. The number of thiophene rings is 1. The number of hydrogen-bond acceptors (Lipinski definition) is 3. The van der Waals surface area contributed by atoms with Crippen molar-refractivity contribution in [2.75, 3.05) is 6.61 Å². The number of carbonyl (C=O) groups is 1. The van der Waals surface area contributed by atoms with Crippen molar-refractivity contribution >= 4 is 22.9 Å². The van der Waals surface area contributed by atoms with Gasteiger partial charge in [0.15, 0.2) is 0 Å². The molecule has 1 aliphatic carbocycles. The zero-order valence-corrected chi connectivity index (χ0v) is 9.60. The summed E-state index contributed by atoms with van der Waals surface area (Å²) in [7, 11) is 0. The van der Waals surface area contributed by atoms with E-state index in [1.807, 2.05) is 6.92 Å². The molecule has 0 N–H and O–H groups in total. The third kappa shape index (κ3) is 2.29. The first-order chi connectivity index (χ1) is 7.31. The van der Waals surface area contributed by atoms with Crippen molar-refractivity contribution in [3.8, 4) is 0 Å². The molecular formula is C12H14O2S. The first-order valence-corrected chi connectivity index (χ1v) is 6.13. The zero-order chi connectivity index (χ0) is 10.7. The van der Waals surface area contributed by atoms with Crippen LogP contribution < -0.4 is 0 Å². The molecule has 2 nitrogen and oxygen atoms in total. The largest absolute Gasteiger partial charge is 0.463 e. The molecule has 15 heavy (non-hydrogen) atoms. The van der Waals surface area contributed by atoms with Crippen LogP contribution in [0.4, 0.5) is 0 Å². The van der Waals surface area contributed by atoms with Crippen LogP contribution in [0.3, 0.4) is 0 Å². The summed E-state index contributed by atoms with van der Waals surface area (Å²) in [6, 6.07) is 2.10. The molecule has 0 bridgehead atoms. The number of hydrogen-bond donors (Lipinski definition) is 0. The van der Waals surface area contributed by atoms with Gasteiger partial charge < -0.3 is 4.74 Å².